The van der Waals surface area contributed by atoms with E-state index in [1.807, 2.05) is 41.3 Å². The molecular formula is C20H22ClN3O2. The first-order valence-electron chi connectivity index (χ1n) is 8.97. The van der Waals surface area contributed by atoms with Crippen LogP contribution in [0.2, 0.25) is 5.02 Å². The first kappa shape index (κ1) is 17.2. The normalized spacial score (nSPS) is 16.5. The highest BCUT2D eigenvalue weighted by Crippen LogP contribution is 2.34. The summed E-state index contributed by atoms with van der Waals surface area (Å²) in [5.74, 6) is 0.0721. The molecule has 0 saturated carbocycles. The van der Waals surface area contributed by atoms with Gasteiger partial charge in [-0.15, -0.1) is 0 Å². The van der Waals surface area contributed by atoms with Crippen molar-refractivity contribution in [2.75, 3.05) is 54.5 Å². The van der Waals surface area contributed by atoms with Gasteiger partial charge in [-0.3, -0.25) is 4.79 Å². The third-order valence-corrected chi connectivity index (χ3v) is 5.24. The Kier molecular flexibility index (Phi) is 5.00. The molecule has 2 aliphatic heterocycles. The maximum atomic E-state index is 12.8. The molecule has 4 rings (SSSR count). The second-order valence-electron chi connectivity index (χ2n) is 6.51. The summed E-state index contributed by atoms with van der Waals surface area (Å²) in [5, 5.41) is 3.99. The Hall–Kier alpha value is -2.24. The zero-order valence-corrected chi connectivity index (χ0v) is 15.3. The second kappa shape index (κ2) is 7.56. The van der Waals surface area contributed by atoms with Crippen LogP contribution in [0.1, 0.15) is 5.56 Å². The van der Waals surface area contributed by atoms with E-state index in [1.165, 1.54) is 5.56 Å². The topological polar surface area (TPSA) is 44.8 Å². The summed E-state index contributed by atoms with van der Waals surface area (Å²) in [5.41, 5.74) is 4.10. The molecule has 0 spiro atoms. The minimum atomic E-state index is 0.0721. The third-order valence-electron chi connectivity index (χ3n) is 4.93. The Morgan fingerprint density at radius 3 is 2.73 bits per heavy atom. The molecule has 2 aliphatic rings. The van der Waals surface area contributed by atoms with Crippen molar-refractivity contribution in [3.05, 3.63) is 53.1 Å². The maximum absolute atomic E-state index is 12.8. The zero-order chi connectivity index (χ0) is 17.9. The summed E-state index contributed by atoms with van der Waals surface area (Å²) in [4.78, 5) is 16.8. The number of hydrogen-bond acceptors (Lipinski definition) is 4. The summed E-state index contributed by atoms with van der Waals surface area (Å²) in [6.07, 6.45) is 0.915. The van der Waals surface area contributed by atoms with Gasteiger partial charge < -0.3 is 19.9 Å². The number of carbonyl (C=O) groups is 1. The van der Waals surface area contributed by atoms with Gasteiger partial charge in [0.2, 0.25) is 5.91 Å². The minimum Gasteiger partial charge on any atom is -0.378 e. The number of nitrogens with one attached hydrogen (secondary N) is 1. The van der Waals surface area contributed by atoms with Gasteiger partial charge in [0.25, 0.3) is 0 Å². The predicted octanol–water partition coefficient (Wildman–Crippen LogP) is 3.18. The van der Waals surface area contributed by atoms with Crippen LogP contribution in [0.25, 0.3) is 0 Å². The molecule has 0 radical (unpaired) electrons. The van der Waals surface area contributed by atoms with Crippen LogP contribution < -0.4 is 15.1 Å². The van der Waals surface area contributed by atoms with Crippen LogP contribution in [0.3, 0.4) is 0 Å². The number of morpholine rings is 1. The minimum absolute atomic E-state index is 0.0721. The van der Waals surface area contributed by atoms with Crippen LogP contribution >= 0.6 is 11.6 Å². The highest BCUT2D eigenvalue weighted by atomic mass is 35.5. The van der Waals surface area contributed by atoms with Crippen LogP contribution in [-0.4, -0.2) is 45.3 Å². The summed E-state index contributed by atoms with van der Waals surface area (Å²) in [7, 11) is 0. The average Bonchev–Trinajstić information content (AvgIpc) is 3.11. The molecule has 1 saturated heterocycles. The van der Waals surface area contributed by atoms with Crippen molar-refractivity contribution < 1.29 is 9.53 Å². The Morgan fingerprint density at radius 1 is 1.08 bits per heavy atom. The van der Waals surface area contributed by atoms with Crippen molar-refractivity contribution in [1.82, 2.24) is 0 Å². The van der Waals surface area contributed by atoms with E-state index in [0.29, 0.717) is 18.2 Å². The average molecular weight is 372 g/mol. The van der Waals surface area contributed by atoms with E-state index in [0.717, 1.165) is 43.1 Å². The van der Waals surface area contributed by atoms with Crippen LogP contribution in [-0.2, 0) is 16.0 Å². The molecule has 2 aromatic rings. The lowest BCUT2D eigenvalue weighted by atomic mass is 10.2. The number of benzene rings is 2. The van der Waals surface area contributed by atoms with Gasteiger partial charge in [-0.2, -0.15) is 0 Å². The number of nitrogens with zero attached hydrogens (tertiary/aromatic N) is 2. The molecule has 0 unspecified atom stereocenters. The molecule has 0 bridgehead atoms. The Bertz CT molecular complexity index is 805. The van der Waals surface area contributed by atoms with Gasteiger partial charge in [-0.05, 0) is 30.2 Å². The van der Waals surface area contributed by atoms with Gasteiger partial charge in [0, 0.05) is 25.3 Å². The van der Waals surface area contributed by atoms with Crippen molar-refractivity contribution in [1.29, 1.82) is 0 Å². The first-order valence-corrected chi connectivity index (χ1v) is 9.35. The van der Waals surface area contributed by atoms with Crippen molar-refractivity contribution >= 4 is 34.6 Å². The highest BCUT2D eigenvalue weighted by molar-refractivity contribution is 6.34. The monoisotopic (exact) mass is 371 g/mol. The van der Waals surface area contributed by atoms with Gasteiger partial charge in [0.1, 0.15) is 0 Å². The van der Waals surface area contributed by atoms with Crippen LogP contribution in [0, 0.1) is 0 Å². The van der Waals surface area contributed by atoms with E-state index in [9.17, 15) is 4.79 Å². The molecule has 2 heterocycles. The van der Waals surface area contributed by atoms with Crippen LogP contribution in [0.5, 0.6) is 0 Å². The SMILES string of the molecule is O=C(CNc1cccc(Cl)c1N1CCOCC1)N1CCc2ccccc21. The van der Waals surface area contributed by atoms with Gasteiger partial charge in [-0.25, -0.2) is 0 Å². The van der Waals surface area contributed by atoms with E-state index in [-0.39, 0.29) is 12.5 Å². The van der Waals surface area contributed by atoms with Crippen molar-refractivity contribution in [3.63, 3.8) is 0 Å². The molecule has 0 aliphatic carbocycles. The predicted molar refractivity (Wildman–Crippen MR) is 105 cm³/mol. The fourth-order valence-corrected chi connectivity index (χ4v) is 3.92. The van der Waals surface area contributed by atoms with E-state index in [1.54, 1.807) is 0 Å². The van der Waals surface area contributed by atoms with Gasteiger partial charge in [-0.1, -0.05) is 35.9 Å². The second-order valence-corrected chi connectivity index (χ2v) is 6.92. The molecule has 1 fully saturated rings. The number of fused-ring (bicyclic) bond motifs is 1. The molecule has 26 heavy (non-hydrogen) atoms. The standard InChI is InChI=1S/C20H22ClN3O2/c21-16-5-3-6-17(20(16)23-10-12-26-13-11-23)22-14-19(25)24-9-8-15-4-1-2-7-18(15)24/h1-7,22H,8-14H2. The summed E-state index contributed by atoms with van der Waals surface area (Å²) in [6.45, 7) is 3.96. The van der Waals surface area contributed by atoms with E-state index >= 15 is 0 Å². The van der Waals surface area contributed by atoms with Crippen LogP contribution in [0.15, 0.2) is 42.5 Å². The molecule has 2 aromatic carbocycles. The van der Waals surface area contributed by atoms with Crippen LogP contribution in [0.4, 0.5) is 17.1 Å². The summed E-state index contributed by atoms with van der Waals surface area (Å²) < 4.78 is 5.43. The first-order chi connectivity index (χ1) is 12.7. The fourth-order valence-electron chi connectivity index (χ4n) is 3.63. The summed E-state index contributed by atoms with van der Waals surface area (Å²) >= 11 is 6.45. The lowest BCUT2D eigenvalue weighted by molar-refractivity contribution is -0.116. The van der Waals surface area contributed by atoms with Gasteiger partial charge in [0.05, 0.1) is 36.2 Å². The highest BCUT2D eigenvalue weighted by Gasteiger charge is 2.24. The molecule has 1 N–H and O–H groups in total. The Balaban J connectivity index is 1.48. The largest absolute Gasteiger partial charge is 0.378 e. The molecule has 5 nitrogen and oxygen atoms in total. The van der Waals surface area contributed by atoms with Crippen molar-refractivity contribution in [2.45, 2.75) is 6.42 Å². The Labute approximate surface area is 158 Å². The number of para-hydroxylation sites is 2. The van der Waals surface area contributed by atoms with E-state index in [4.69, 9.17) is 16.3 Å². The van der Waals surface area contributed by atoms with Gasteiger partial charge in [0.15, 0.2) is 0 Å². The Morgan fingerprint density at radius 2 is 1.88 bits per heavy atom. The van der Waals surface area contributed by atoms with E-state index < -0.39 is 0 Å². The lowest BCUT2D eigenvalue weighted by Gasteiger charge is -2.31. The molecule has 6 heteroatoms. The maximum Gasteiger partial charge on any atom is 0.246 e. The number of hydrogen-bond donors (Lipinski definition) is 1. The lowest BCUT2D eigenvalue weighted by Crippen LogP contribution is -2.37. The number of rotatable bonds is 4. The number of carbonyl (C=O) groups excluding carboxylic acids is 1. The quantitative estimate of drug-likeness (QED) is 0.896. The molecular weight excluding hydrogens is 350 g/mol. The fraction of sp³-hybridized carbons (Fsp3) is 0.350. The molecule has 0 aromatic heterocycles. The van der Waals surface area contributed by atoms with Crippen molar-refractivity contribution in [2.24, 2.45) is 0 Å². The smallest absolute Gasteiger partial charge is 0.246 e. The third kappa shape index (κ3) is 3.37. The molecule has 1 amide bonds. The zero-order valence-electron chi connectivity index (χ0n) is 14.6. The molecule has 0 atom stereocenters. The van der Waals surface area contributed by atoms with E-state index in [2.05, 4.69) is 16.3 Å². The number of anilines is 3. The number of amides is 1. The van der Waals surface area contributed by atoms with Crippen molar-refractivity contribution in [3.8, 4) is 0 Å². The van der Waals surface area contributed by atoms with Gasteiger partial charge >= 0.3 is 0 Å². The number of ether oxygens (including phenoxy) is 1. The number of halogens is 1. The summed E-state index contributed by atoms with van der Waals surface area (Å²) in [6, 6.07) is 13.9. The molecule has 136 valence electrons.